The van der Waals surface area contributed by atoms with Crippen molar-refractivity contribution >= 4 is 33.0 Å². The Balaban J connectivity index is 2.25. The van der Waals surface area contributed by atoms with Crippen LogP contribution in [0.25, 0.3) is 0 Å². The van der Waals surface area contributed by atoms with Gasteiger partial charge in [0, 0.05) is 5.56 Å². The summed E-state index contributed by atoms with van der Waals surface area (Å²) in [5.74, 6) is -0.110. The predicted octanol–water partition coefficient (Wildman–Crippen LogP) is 3.41. The lowest BCUT2D eigenvalue weighted by Gasteiger charge is -2.34. The van der Waals surface area contributed by atoms with Gasteiger partial charge in [-0.05, 0) is 30.2 Å². The Morgan fingerprint density at radius 1 is 1.05 bits per heavy atom. The fourth-order valence-electron chi connectivity index (χ4n) is 2.66. The van der Waals surface area contributed by atoms with E-state index in [-0.39, 0.29) is 17.1 Å². The minimum absolute atomic E-state index is 0.0876. The molecule has 1 aliphatic rings. The van der Waals surface area contributed by atoms with Gasteiger partial charge in [0.05, 0.1) is 20.7 Å². The maximum Gasteiger partial charge on any atom is 0.178 e. The second-order valence-electron chi connectivity index (χ2n) is 5.05. The first-order valence-corrected chi connectivity index (χ1v) is 8.75. The molecular formula is C15H12Cl2O3S. The molecule has 1 heterocycles. The molecule has 0 fully saturated rings. The number of aliphatic hydroxyl groups is 1. The van der Waals surface area contributed by atoms with Crippen molar-refractivity contribution in [2.75, 3.05) is 5.75 Å². The molecule has 6 heteroatoms. The number of hydrogen-bond acceptors (Lipinski definition) is 3. The lowest BCUT2D eigenvalue weighted by atomic mass is 9.84. The molecule has 0 spiro atoms. The van der Waals surface area contributed by atoms with Crippen LogP contribution < -0.4 is 0 Å². The molecule has 0 amide bonds. The van der Waals surface area contributed by atoms with Crippen LogP contribution in [-0.4, -0.2) is 19.3 Å². The second-order valence-corrected chi connectivity index (χ2v) is 7.95. The highest BCUT2D eigenvalue weighted by Crippen LogP contribution is 2.42. The highest BCUT2D eigenvalue weighted by Gasteiger charge is 2.41. The smallest absolute Gasteiger partial charge is 0.178 e. The van der Waals surface area contributed by atoms with Gasteiger partial charge in [-0.2, -0.15) is 0 Å². The molecule has 0 radical (unpaired) electrons. The molecule has 2 aromatic carbocycles. The van der Waals surface area contributed by atoms with Crippen molar-refractivity contribution < 1.29 is 13.5 Å². The molecule has 3 rings (SSSR count). The lowest BCUT2D eigenvalue weighted by Crippen LogP contribution is -2.36. The summed E-state index contributed by atoms with van der Waals surface area (Å²) in [4.78, 5) is 0.171. The van der Waals surface area contributed by atoms with Crippen LogP contribution in [0, 0.1) is 0 Å². The molecule has 110 valence electrons. The van der Waals surface area contributed by atoms with Gasteiger partial charge in [0.2, 0.25) is 0 Å². The third-order valence-corrected chi connectivity index (χ3v) is 6.30. The molecule has 0 aliphatic carbocycles. The first-order chi connectivity index (χ1) is 9.84. The number of fused-ring (bicyclic) bond motifs is 1. The fourth-order valence-corrected chi connectivity index (χ4v) is 4.60. The van der Waals surface area contributed by atoms with E-state index in [9.17, 15) is 13.5 Å². The largest absolute Gasteiger partial charge is 0.380 e. The molecule has 2 aromatic rings. The first-order valence-electron chi connectivity index (χ1n) is 6.35. The Hall–Kier alpha value is -1.07. The number of halogens is 2. The van der Waals surface area contributed by atoms with Gasteiger partial charge >= 0.3 is 0 Å². The zero-order valence-electron chi connectivity index (χ0n) is 10.9. The van der Waals surface area contributed by atoms with Crippen LogP contribution >= 0.6 is 23.2 Å². The Morgan fingerprint density at radius 2 is 1.76 bits per heavy atom. The zero-order chi connectivity index (χ0) is 15.3. The number of sulfone groups is 1. The van der Waals surface area contributed by atoms with E-state index in [1.165, 1.54) is 6.07 Å². The van der Waals surface area contributed by atoms with E-state index in [1.807, 2.05) is 0 Å². The first kappa shape index (κ1) is 14.9. The molecule has 21 heavy (non-hydrogen) atoms. The molecule has 1 unspecified atom stereocenters. The quantitative estimate of drug-likeness (QED) is 0.863. The zero-order valence-corrected chi connectivity index (χ0v) is 13.2. The van der Waals surface area contributed by atoms with Crippen molar-refractivity contribution in [3.05, 3.63) is 63.6 Å². The Bertz CT molecular complexity index is 817. The van der Waals surface area contributed by atoms with Gasteiger partial charge < -0.3 is 5.11 Å². The average Bonchev–Trinajstić information content (AvgIpc) is 2.47. The van der Waals surface area contributed by atoms with E-state index < -0.39 is 15.4 Å². The maximum absolute atomic E-state index is 12.2. The van der Waals surface area contributed by atoms with Crippen LogP contribution in [-0.2, 0) is 15.4 Å². The van der Waals surface area contributed by atoms with Crippen molar-refractivity contribution in [3.8, 4) is 0 Å². The highest BCUT2D eigenvalue weighted by molar-refractivity contribution is 7.91. The Morgan fingerprint density at radius 3 is 2.48 bits per heavy atom. The van der Waals surface area contributed by atoms with E-state index in [0.29, 0.717) is 21.2 Å². The van der Waals surface area contributed by atoms with Crippen LogP contribution in [0.15, 0.2) is 47.4 Å². The van der Waals surface area contributed by atoms with Gasteiger partial charge in [0.15, 0.2) is 9.84 Å². The van der Waals surface area contributed by atoms with Gasteiger partial charge in [-0.15, -0.1) is 0 Å². The summed E-state index contributed by atoms with van der Waals surface area (Å²) < 4.78 is 24.3. The minimum atomic E-state index is -3.36. The van der Waals surface area contributed by atoms with Gasteiger partial charge in [0.1, 0.15) is 5.60 Å². The lowest BCUT2D eigenvalue weighted by molar-refractivity contribution is 0.0718. The van der Waals surface area contributed by atoms with Gasteiger partial charge in [-0.25, -0.2) is 8.42 Å². The van der Waals surface area contributed by atoms with Crippen LogP contribution in [0.5, 0.6) is 0 Å². The summed E-state index contributed by atoms with van der Waals surface area (Å²) in [6.07, 6.45) is 0.0876. The molecule has 0 aromatic heterocycles. The van der Waals surface area contributed by atoms with Crippen LogP contribution in [0.1, 0.15) is 17.5 Å². The van der Waals surface area contributed by atoms with Crippen LogP contribution in [0.3, 0.4) is 0 Å². The van der Waals surface area contributed by atoms with E-state index in [2.05, 4.69) is 0 Å². The molecule has 0 saturated carbocycles. The van der Waals surface area contributed by atoms with E-state index in [1.54, 1.807) is 36.4 Å². The molecular weight excluding hydrogens is 331 g/mol. The van der Waals surface area contributed by atoms with E-state index in [0.717, 1.165) is 0 Å². The SMILES string of the molecule is O=S1(=O)CCC(O)(c2ccc(Cl)c(Cl)c2)c2ccccc21. The summed E-state index contributed by atoms with van der Waals surface area (Å²) in [5, 5.41) is 11.8. The van der Waals surface area contributed by atoms with Crippen LogP contribution in [0.4, 0.5) is 0 Å². The third kappa shape index (κ3) is 2.36. The highest BCUT2D eigenvalue weighted by atomic mass is 35.5. The summed E-state index contributed by atoms with van der Waals surface area (Å²) in [6.45, 7) is 0. The standard InChI is InChI=1S/C15H12Cl2O3S/c16-12-6-5-10(9-13(12)17)15(18)7-8-21(19,20)14-4-2-1-3-11(14)15/h1-6,9,18H,7-8H2. The predicted molar refractivity (Wildman–Crippen MR) is 82.6 cm³/mol. The molecule has 1 aliphatic heterocycles. The van der Waals surface area contributed by atoms with Crippen molar-refractivity contribution in [1.29, 1.82) is 0 Å². The molecule has 0 saturated heterocycles. The summed E-state index contributed by atoms with van der Waals surface area (Å²) in [7, 11) is -3.36. The molecule has 0 bridgehead atoms. The third-order valence-electron chi connectivity index (χ3n) is 3.80. The van der Waals surface area contributed by atoms with Crippen molar-refractivity contribution in [2.45, 2.75) is 16.9 Å². The minimum Gasteiger partial charge on any atom is -0.380 e. The van der Waals surface area contributed by atoms with Crippen molar-refractivity contribution in [3.63, 3.8) is 0 Å². The van der Waals surface area contributed by atoms with Gasteiger partial charge in [0.25, 0.3) is 0 Å². The van der Waals surface area contributed by atoms with Crippen molar-refractivity contribution in [1.82, 2.24) is 0 Å². The number of hydrogen-bond donors (Lipinski definition) is 1. The fraction of sp³-hybridized carbons (Fsp3) is 0.200. The number of benzene rings is 2. The monoisotopic (exact) mass is 342 g/mol. The van der Waals surface area contributed by atoms with Crippen LogP contribution in [0.2, 0.25) is 10.0 Å². The van der Waals surface area contributed by atoms with Gasteiger partial charge in [-0.1, -0.05) is 47.5 Å². The molecule has 1 atom stereocenters. The van der Waals surface area contributed by atoms with E-state index >= 15 is 0 Å². The maximum atomic E-state index is 12.2. The van der Waals surface area contributed by atoms with Crippen molar-refractivity contribution in [2.24, 2.45) is 0 Å². The van der Waals surface area contributed by atoms with E-state index in [4.69, 9.17) is 23.2 Å². The Kier molecular flexibility index (Phi) is 3.53. The second kappa shape index (κ2) is 4.99. The van der Waals surface area contributed by atoms with Gasteiger partial charge in [-0.3, -0.25) is 0 Å². The summed E-state index contributed by atoms with van der Waals surface area (Å²) >= 11 is 11.9. The Labute approximate surface area is 133 Å². The molecule has 1 N–H and O–H groups in total. The molecule has 3 nitrogen and oxygen atoms in total. The average molecular weight is 343 g/mol. The summed E-state index contributed by atoms with van der Waals surface area (Å²) in [5.41, 5.74) is -0.454. The summed E-state index contributed by atoms with van der Waals surface area (Å²) in [6, 6.07) is 11.4. The number of rotatable bonds is 1. The normalized spacial score (nSPS) is 23.6. The topological polar surface area (TPSA) is 54.4 Å².